The van der Waals surface area contributed by atoms with Gasteiger partial charge in [-0.1, -0.05) is 25.0 Å². The third-order valence-electron chi connectivity index (χ3n) is 10.3. The minimum atomic E-state index is -0.0892. The average molecular weight is 357 g/mol. The van der Waals surface area contributed by atoms with E-state index in [1.165, 1.54) is 57.1 Å². The zero-order chi connectivity index (χ0) is 18.2. The lowest BCUT2D eigenvalue weighted by Crippen LogP contribution is -2.53. The van der Waals surface area contributed by atoms with Crippen molar-refractivity contribution >= 4 is 0 Å². The topological polar surface area (TPSA) is 29.5 Å². The number of ether oxygens (including phenoxy) is 1. The van der Waals surface area contributed by atoms with Crippen LogP contribution in [0.25, 0.3) is 0 Å². The molecule has 0 amide bonds. The van der Waals surface area contributed by atoms with E-state index in [4.69, 9.17) is 4.74 Å². The van der Waals surface area contributed by atoms with E-state index in [2.05, 4.69) is 19.9 Å². The number of allylic oxidation sites excluding steroid dienone is 3. The van der Waals surface area contributed by atoms with Crippen molar-refractivity contribution in [3.05, 3.63) is 23.0 Å². The van der Waals surface area contributed by atoms with Gasteiger partial charge in [-0.2, -0.15) is 0 Å². The molecule has 3 fully saturated rings. The first-order valence-corrected chi connectivity index (χ1v) is 11.1. The SMILES string of the molecule is CCC(O)C12CCC3(CC1)[C@@H]1CCC4=C(CC=C(OC)C4)[C@H]1CC[C@]23C. The number of hydrogen-bond acceptors (Lipinski definition) is 2. The van der Waals surface area contributed by atoms with Crippen molar-refractivity contribution in [1.82, 2.24) is 0 Å². The molecule has 5 aliphatic rings. The first-order chi connectivity index (χ1) is 12.5. The summed E-state index contributed by atoms with van der Waals surface area (Å²) < 4.78 is 5.56. The molecule has 2 bridgehead atoms. The highest BCUT2D eigenvalue weighted by atomic mass is 16.5. The lowest BCUT2D eigenvalue weighted by molar-refractivity contribution is -0.105. The zero-order valence-electron chi connectivity index (χ0n) is 16.9. The predicted molar refractivity (Wildman–Crippen MR) is 105 cm³/mol. The molecule has 0 aliphatic heterocycles. The molecule has 0 spiro atoms. The van der Waals surface area contributed by atoms with Crippen molar-refractivity contribution in [2.45, 2.75) is 90.6 Å². The van der Waals surface area contributed by atoms with Crippen molar-refractivity contribution in [3.63, 3.8) is 0 Å². The first kappa shape index (κ1) is 17.3. The summed E-state index contributed by atoms with van der Waals surface area (Å²) in [7, 11) is 1.82. The quantitative estimate of drug-likeness (QED) is 0.651. The summed E-state index contributed by atoms with van der Waals surface area (Å²) in [5.74, 6) is 2.87. The Morgan fingerprint density at radius 2 is 1.96 bits per heavy atom. The fourth-order valence-corrected chi connectivity index (χ4v) is 8.95. The maximum atomic E-state index is 11.0. The van der Waals surface area contributed by atoms with Crippen LogP contribution in [0.15, 0.2) is 23.0 Å². The summed E-state index contributed by atoms with van der Waals surface area (Å²) in [4.78, 5) is 0. The molecule has 4 atom stereocenters. The molecule has 0 saturated heterocycles. The van der Waals surface area contributed by atoms with E-state index in [9.17, 15) is 5.11 Å². The largest absolute Gasteiger partial charge is 0.501 e. The molecule has 5 aliphatic carbocycles. The van der Waals surface area contributed by atoms with Gasteiger partial charge >= 0.3 is 0 Å². The van der Waals surface area contributed by atoms with Crippen LogP contribution in [0.1, 0.15) is 84.5 Å². The van der Waals surface area contributed by atoms with Crippen molar-refractivity contribution < 1.29 is 9.84 Å². The Morgan fingerprint density at radius 1 is 1.19 bits per heavy atom. The Kier molecular flexibility index (Phi) is 3.75. The second-order valence-electron chi connectivity index (χ2n) is 10.2. The van der Waals surface area contributed by atoms with Gasteiger partial charge in [0.25, 0.3) is 0 Å². The molecule has 1 unspecified atom stereocenters. The summed E-state index contributed by atoms with van der Waals surface area (Å²) in [6.07, 6.45) is 16.1. The van der Waals surface area contributed by atoms with E-state index in [0.717, 1.165) is 31.1 Å². The molecular weight excluding hydrogens is 320 g/mol. The van der Waals surface area contributed by atoms with Gasteiger partial charge in [-0.15, -0.1) is 0 Å². The molecule has 1 N–H and O–H groups in total. The fraction of sp³-hybridized carbons (Fsp3) is 0.833. The van der Waals surface area contributed by atoms with E-state index in [0.29, 0.717) is 10.8 Å². The number of hydrogen-bond donors (Lipinski definition) is 1. The van der Waals surface area contributed by atoms with Crippen LogP contribution < -0.4 is 0 Å². The second-order valence-corrected chi connectivity index (χ2v) is 10.2. The highest BCUT2D eigenvalue weighted by Crippen LogP contribution is 2.81. The number of fused-ring (bicyclic) bond motifs is 2. The van der Waals surface area contributed by atoms with Gasteiger partial charge in [-0.3, -0.25) is 0 Å². The van der Waals surface area contributed by atoms with Crippen LogP contribution in [0, 0.1) is 28.1 Å². The molecule has 3 saturated carbocycles. The lowest BCUT2D eigenvalue weighted by Gasteiger charge is -2.58. The van der Waals surface area contributed by atoms with Crippen LogP contribution >= 0.6 is 0 Å². The monoisotopic (exact) mass is 356 g/mol. The van der Waals surface area contributed by atoms with E-state index in [1.807, 2.05) is 7.11 Å². The van der Waals surface area contributed by atoms with Crippen molar-refractivity contribution in [2.24, 2.45) is 28.1 Å². The van der Waals surface area contributed by atoms with Gasteiger partial charge in [0.15, 0.2) is 0 Å². The molecule has 0 aromatic carbocycles. The first-order valence-electron chi connectivity index (χ1n) is 11.1. The third-order valence-corrected chi connectivity index (χ3v) is 10.3. The maximum absolute atomic E-state index is 11.0. The smallest absolute Gasteiger partial charge is 0.0959 e. The summed E-state index contributed by atoms with van der Waals surface area (Å²) >= 11 is 0. The molecule has 0 aromatic rings. The number of aliphatic hydroxyl groups is 1. The molecule has 144 valence electrons. The lowest BCUT2D eigenvalue weighted by atomic mass is 9.46. The Balaban J connectivity index is 1.50. The van der Waals surface area contributed by atoms with Gasteiger partial charge < -0.3 is 9.84 Å². The average Bonchev–Trinajstić information content (AvgIpc) is 3.11. The van der Waals surface area contributed by atoms with Crippen LogP contribution in [0.2, 0.25) is 0 Å². The molecule has 0 radical (unpaired) electrons. The van der Waals surface area contributed by atoms with Crippen LogP contribution in [-0.4, -0.2) is 18.3 Å². The van der Waals surface area contributed by atoms with Crippen molar-refractivity contribution in [3.8, 4) is 0 Å². The molecular formula is C24H36O2. The summed E-state index contributed by atoms with van der Waals surface area (Å²) in [6.45, 7) is 4.78. The molecule has 0 heterocycles. The highest BCUT2D eigenvalue weighted by Gasteiger charge is 2.74. The normalized spacial score (nSPS) is 47.8. The Labute approximate surface area is 159 Å². The summed E-state index contributed by atoms with van der Waals surface area (Å²) in [5.41, 5.74) is 4.60. The number of methoxy groups -OCH3 is 1. The Morgan fingerprint density at radius 3 is 2.65 bits per heavy atom. The predicted octanol–water partition coefficient (Wildman–Crippen LogP) is 5.76. The molecule has 2 nitrogen and oxygen atoms in total. The van der Waals surface area contributed by atoms with Gasteiger partial charge in [0.2, 0.25) is 0 Å². The third kappa shape index (κ3) is 1.83. The van der Waals surface area contributed by atoms with Gasteiger partial charge in [0.1, 0.15) is 0 Å². The van der Waals surface area contributed by atoms with E-state index >= 15 is 0 Å². The fourth-order valence-electron chi connectivity index (χ4n) is 8.95. The molecule has 0 aromatic heterocycles. The van der Waals surface area contributed by atoms with E-state index in [-0.39, 0.29) is 11.5 Å². The van der Waals surface area contributed by atoms with Crippen molar-refractivity contribution in [1.29, 1.82) is 0 Å². The Bertz CT molecular complexity index is 664. The standard InChI is InChI=1S/C24H36O2/c1-4-21(25)24-13-11-23(12-14-24)20-8-5-16-15-17(26-3)6-7-18(16)19(20)9-10-22(23,24)2/h6,19-21,25H,4-5,7-15H2,1-3H3/t19-,20-,21?,22+,23?,24?/m1/s1. The van der Waals surface area contributed by atoms with E-state index in [1.54, 1.807) is 11.1 Å². The minimum Gasteiger partial charge on any atom is -0.501 e. The maximum Gasteiger partial charge on any atom is 0.0959 e. The molecule has 2 heteroatoms. The minimum absolute atomic E-state index is 0.0892. The second kappa shape index (κ2) is 5.63. The van der Waals surface area contributed by atoms with Crippen LogP contribution in [0.3, 0.4) is 0 Å². The highest BCUT2D eigenvalue weighted by molar-refractivity contribution is 5.35. The van der Waals surface area contributed by atoms with Crippen LogP contribution in [0.5, 0.6) is 0 Å². The van der Waals surface area contributed by atoms with Crippen LogP contribution in [-0.2, 0) is 4.74 Å². The molecule has 5 rings (SSSR count). The molecule has 26 heavy (non-hydrogen) atoms. The summed E-state index contributed by atoms with van der Waals surface area (Å²) in [5, 5.41) is 11.0. The van der Waals surface area contributed by atoms with E-state index < -0.39 is 0 Å². The van der Waals surface area contributed by atoms with Gasteiger partial charge in [-0.25, -0.2) is 0 Å². The van der Waals surface area contributed by atoms with Gasteiger partial charge in [-0.05, 0) is 93.0 Å². The van der Waals surface area contributed by atoms with Crippen molar-refractivity contribution in [2.75, 3.05) is 7.11 Å². The van der Waals surface area contributed by atoms with Crippen LogP contribution in [0.4, 0.5) is 0 Å². The number of rotatable bonds is 3. The van der Waals surface area contributed by atoms with Gasteiger partial charge in [0, 0.05) is 11.8 Å². The summed E-state index contributed by atoms with van der Waals surface area (Å²) in [6, 6.07) is 0. The van der Waals surface area contributed by atoms with Gasteiger partial charge in [0.05, 0.1) is 19.0 Å². The Hall–Kier alpha value is -0.760. The zero-order valence-corrected chi connectivity index (χ0v) is 16.9. The number of aliphatic hydroxyl groups excluding tert-OH is 1.